The molecule has 1 aromatic heterocycles. The summed E-state index contributed by atoms with van der Waals surface area (Å²) in [5.41, 5.74) is 3.38. The van der Waals surface area contributed by atoms with Crippen molar-refractivity contribution in [3.63, 3.8) is 0 Å². The molecular formula is C24H28N2O4. The van der Waals surface area contributed by atoms with Crippen molar-refractivity contribution in [2.75, 3.05) is 33.4 Å². The topological polar surface area (TPSA) is 67.0 Å². The number of aromatic amines is 1. The lowest BCUT2D eigenvalue weighted by Gasteiger charge is -2.39. The van der Waals surface area contributed by atoms with Crippen LogP contribution in [0.3, 0.4) is 0 Å². The quantitative estimate of drug-likeness (QED) is 0.654. The van der Waals surface area contributed by atoms with Gasteiger partial charge in [0.2, 0.25) is 0 Å². The summed E-state index contributed by atoms with van der Waals surface area (Å²) in [7, 11) is 1.69. The van der Waals surface area contributed by atoms with Crippen LogP contribution in [0.5, 0.6) is 11.5 Å². The lowest BCUT2D eigenvalue weighted by Crippen LogP contribution is -2.46. The smallest absolute Gasteiger partial charge is 0.128 e. The molecule has 0 amide bonds. The Morgan fingerprint density at radius 3 is 2.90 bits per heavy atom. The lowest BCUT2D eigenvalue weighted by molar-refractivity contribution is -0.0835. The fourth-order valence-corrected chi connectivity index (χ4v) is 4.78. The molecule has 5 rings (SSSR count). The maximum atomic E-state index is 10.5. The Morgan fingerprint density at radius 2 is 2.07 bits per heavy atom. The van der Waals surface area contributed by atoms with Crippen molar-refractivity contribution >= 4 is 10.9 Å². The molecule has 2 aromatic carbocycles. The van der Waals surface area contributed by atoms with Crippen LogP contribution in [-0.2, 0) is 16.9 Å². The predicted molar refractivity (Wildman–Crippen MR) is 115 cm³/mol. The molecule has 2 N–H and O–H groups in total. The van der Waals surface area contributed by atoms with E-state index in [2.05, 4.69) is 22.0 Å². The first-order chi connectivity index (χ1) is 14.7. The van der Waals surface area contributed by atoms with Crippen molar-refractivity contribution in [1.82, 2.24) is 9.88 Å². The summed E-state index contributed by atoms with van der Waals surface area (Å²) < 4.78 is 17.5. The summed E-state index contributed by atoms with van der Waals surface area (Å²) in [5.74, 6) is 1.68. The maximum absolute atomic E-state index is 10.5. The molecule has 1 spiro atoms. The Morgan fingerprint density at radius 1 is 1.20 bits per heavy atom. The zero-order chi connectivity index (χ0) is 20.6. The molecule has 3 aromatic rings. The average Bonchev–Trinajstić information content (AvgIpc) is 3.39. The molecule has 6 nitrogen and oxygen atoms in total. The van der Waals surface area contributed by atoms with Gasteiger partial charge < -0.3 is 29.2 Å². The third-order valence-corrected chi connectivity index (χ3v) is 6.43. The zero-order valence-electron chi connectivity index (χ0n) is 17.3. The van der Waals surface area contributed by atoms with Crippen LogP contribution in [0.1, 0.15) is 24.0 Å². The number of hydrogen-bond acceptors (Lipinski definition) is 5. The number of H-pyrrole nitrogens is 1. The molecule has 3 heterocycles. The van der Waals surface area contributed by atoms with Crippen molar-refractivity contribution in [2.24, 2.45) is 0 Å². The molecule has 1 saturated heterocycles. The minimum Gasteiger partial charge on any atom is -0.497 e. The average molecular weight is 408 g/mol. The van der Waals surface area contributed by atoms with Gasteiger partial charge in [0.1, 0.15) is 24.2 Å². The van der Waals surface area contributed by atoms with Crippen LogP contribution in [0.25, 0.3) is 10.9 Å². The third-order valence-electron chi connectivity index (χ3n) is 6.43. The summed E-state index contributed by atoms with van der Waals surface area (Å²) in [6, 6.07) is 14.2. The largest absolute Gasteiger partial charge is 0.497 e. The highest BCUT2D eigenvalue weighted by molar-refractivity contribution is 5.85. The number of benzene rings is 2. The lowest BCUT2D eigenvalue weighted by atomic mass is 9.83. The number of aromatic nitrogens is 1. The number of methoxy groups -OCH3 is 1. The molecule has 0 radical (unpaired) electrons. The summed E-state index contributed by atoms with van der Waals surface area (Å²) in [4.78, 5) is 5.49. The Kier molecular flexibility index (Phi) is 5.15. The number of aliphatic hydroxyl groups excluding tert-OH is 1. The van der Waals surface area contributed by atoms with Gasteiger partial charge in [-0.25, -0.2) is 0 Å². The molecule has 2 aliphatic heterocycles. The van der Waals surface area contributed by atoms with Gasteiger partial charge in [0, 0.05) is 36.7 Å². The number of ether oxygens (including phenoxy) is 3. The molecule has 1 atom stereocenters. The Labute approximate surface area is 176 Å². The van der Waals surface area contributed by atoms with E-state index < -0.39 is 6.10 Å². The van der Waals surface area contributed by atoms with Gasteiger partial charge in [-0.2, -0.15) is 0 Å². The molecule has 158 valence electrons. The Hall–Kier alpha value is -2.54. The van der Waals surface area contributed by atoms with Crippen molar-refractivity contribution in [1.29, 1.82) is 0 Å². The molecule has 0 aliphatic carbocycles. The van der Waals surface area contributed by atoms with Crippen LogP contribution >= 0.6 is 0 Å². The number of aliphatic hydroxyl groups is 1. The first kappa shape index (κ1) is 19.4. The number of nitrogens with zero attached hydrogens (tertiary/aromatic N) is 1. The first-order valence-corrected chi connectivity index (χ1v) is 10.6. The van der Waals surface area contributed by atoms with Crippen molar-refractivity contribution in [3.8, 4) is 11.5 Å². The Bertz CT molecular complexity index is 1020. The molecule has 0 bridgehead atoms. The van der Waals surface area contributed by atoms with Crippen molar-refractivity contribution < 1.29 is 19.3 Å². The SMILES string of the molecule is COc1ccc2c(c1)COC21CCN(CC(O)COc2cccc3[nH]ccc23)CC1. The first-order valence-electron chi connectivity index (χ1n) is 10.6. The van der Waals surface area contributed by atoms with Gasteiger partial charge in [-0.1, -0.05) is 12.1 Å². The fraction of sp³-hybridized carbons (Fsp3) is 0.417. The highest BCUT2D eigenvalue weighted by Crippen LogP contribution is 2.45. The standard InChI is InChI=1S/C24H28N2O4/c1-28-19-5-6-21-17(13-19)15-30-24(21)8-11-26(12-9-24)14-18(27)16-29-23-4-2-3-22-20(23)7-10-25-22/h2-7,10,13,18,25,27H,8-9,11-12,14-16H2,1H3. The van der Waals surface area contributed by atoms with Gasteiger partial charge in [0.15, 0.2) is 0 Å². The number of rotatable bonds is 6. The minimum absolute atomic E-state index is 0.191. The summed E-state index contributed by atoms with van der Waals surface area (Å²) in [5, 5.41) is 11.6. The van der Waals surface area contributed by atoms with Crippen LogP contribution in [0, 0.1) is 0 Å². The van der Waals surface area contributed by atoms with Crippen LogP contribution in [0.4, 0.5) is 0 Å². The monoisotopic (exact) mass is 408 g/mol. The van der Waals surface area contributed by atoms with E-state index in [1.165, 1.54) is 11.1 Å². The van der Waals surface area contributed by atoms with Gasteiger partial charge in [0.25, 0.3) is 0 Å². The van der Waals surface area contributed by atoms with Gasteiger partial charge in [-0.15, -0.1) is 0 Å². The van der Waals surface area contributed by atoms with Gasteiger partial charge >= 0.3 is 0 Å². The van der Waals surface area contributed by atoms with E-state index in [4.69, 9.17) is 14.2 Å². The molecule has 1 fully saturated rings. The fourth-order valence-electron chi connectivity index (χ4n) is 4.78. The zero-order valence-corrected chi connectivity index (χ0v) is 17.3. The maximum Gasteiger partial charge on any atom is 0.128 e. The van der Waals surface area contributed by atoms with E-state index in [1.807, 2.05) is 36.5 Å². The third kappa shape index (κ3) is 3.55. The molecule has 6 heteroatoms. The molecule has 2 aliphatic rings. The van der Waals surface area contributed by atoms with Crippen molar-refractivity contribution in [2.45, 2.75) is 31.2 Å². The summed E-state index contributed by atoms with van der Waals surface area (Å²) >= 11 is 0. The second-order valence-electron chi connectivity index (χ2n) is 8.27. The van der Waals surface area contributed by atoms with Crippen LogP contribution in [-0.4, -0.2) is 54.4 Å². The molecule has 30 heavy (non-hydrogen) atoms. The number of hydrogen-bond donors (Lipinski definition) is 2. The van der Waals surface area contributed by atoms with E-state index in [-0.39, 0.29) is 12.2 Å². The predicted octanol–water partition coefficient (Wildman–Crippen LogP) is 3.44. The molecule has 1 unspecified atom stereocenters. The number of nitrogens with one attached hydrogen (secondary N) is 1. The normalized spacial score (nSPS) is 19.1. The highest BCUT2D eigenvalue weighted by Gasteiger charge is 2.42. The van der Waals surface area contributed by atoms with E-state index in [0.717, 1.165) is 48.3 Å². The van der Waals surface area contributed by atoms with E-state index in [1.54, 1.807) is 7.11 Å². The Balaban J connectivity index is 1.16. The number of likely N-dealkylation sites (tertiary alicyclic amines) is 1. The second-order valence-corrected chi connectivity index (χ2v) is 8.27. The number of β-amino-alcohol motifs (C(OH)–C–C–N with tert-alkyl or cyclic N) is 1. The van der Waals surface area contributed by atoms with Gasteiger partial charge in [-0.3, -0.25) is 0 Å². The van der Waals surface area contributed by atoms with Crippen LogP contribution < -0.4 is 9.47 Å². The van der Waals surface area contributed by atoms with Gasteiger partial charge in [-0.05, 0) is 54.3 Å². The number of fused-ring (bicyclic) bond motifs is 3. The van der Waals surface area contributed by atoms with Crippen LogP contribution in [0.15, 0.2) is 48.7 Å². The van der Waals surface area contributed by atoms with Gasteiger partial charge in [0.05, 0.1) is 19.3 Å². The second kappa shape index (κ2) is 7.95. The summed E-state index contributed by atoms with van der Waals surface area (Å²) in [6.07, 6.45) is 3.23. The van der Waals surface area contributed by atoms with E-state index in [0.29, 0.717) is 13.2 Å². The van der Waals surface area contributed by atoms with Crippen LogP contribution in [0.2, 0.25) is 0 Å². The molecule has 0 saturated carbocycles. The van der Waals surface area contributed by atoms with E-state index >= 15 is 0 Å². The van der Waals surface area contributed by atoms with Crippen molar-refractivity contribution in [3.05, 3.63) is 59.8 Å². The molecular weight excluding hydrogens is 380 g/mol. The van der Waals surface area contributed by atoms with E-state index in [9.17, 15) is 5.11 Å². The minimum atomic E-state index is -0.533. The highest BCUT2D eigenvalue weighted by atomic mass is 16.5. The number of piperidine rings is 1. The summed E-state index contributed by atoms with van der Waals surface area (Å²) in [6.45, 7) is 3.33.